The van der Waals surface area contributed by atoms with Crippen molar-refractivity contribution in [3.05, 3.63) is 40.7 Å². The predicted octanol–water partition coefficient (Wildman–Crippen LogP) is 3.66. The molecule has 0 spiro atoms. The Morgan fingerprint density at radius 1 is 1.25 bits per heavy atom. The van der Waals surface area contributed by atoms with E-state index in [0.29, 0.717) is 0 Å². The van der Waals surface area contributed by atoms with Crippen LogP contribution in [0.2, 0.25) is 0 Å². The van der Waals surface area contributed by atoms with Crippen molar-refractivity contribution < 1.29 is 4.74 Å². The van der Waals surface area contributed by atoms with Gasteiger partial charge in [0.2, 0.25) is 0 Å². The van der Waals surface area contributed by atoms with Crippen molar-refractivity contribution in [1.82, 2.24) is 4.98 Å². The van der Waals surface area contributed by atoms with Gasteiger partial charge in [0.05, 0.1) is 5.69 Å². The molecular formula is C13H13NOS. The molecule has 0 bridgehead atoms. The highest BCUT2D eigenvalue weighted by Crippen LogP contribution is 2.32. The van der Waals surface area contributed by atoms with E-state index < -0.39 is 0 Å². The summed E-state index contributed by atoms with van der Waals surface area (Å²) in [5, 5.41) is 3.24. The summed E-state index contributed by atoms with van der Waals surface area (Å²) in [6, 6.07) is 10.3. The molecule has 1 unspecified atom stereocenters. The average Bonchev–Trinajstić information content (AvgIpc) is 3.01. The van der Waals surface area contributed by atoms with Crippen LogP contribution in [-0.4, -0.2) is 11.6 Å². The fourth-order valence-corrected chi connectivity index (χ4v) is 2.86. The molecule has 0 N–H and O–H groups in total. The molecule has 16 heavy (non-hydrogen) atoms. The Bertz CT molecular complexity index is 460. The highest BCUT2D eigenvalue weighted by molar-refractivity contribution is 7.10. The van der Waals surface area contributed by atoms with Crippen molar-refractivity contribution >= 4 is 11.3 Å². The van der Waals surface area contributed by atoms with Gasteiger partial charge >= 0.3 is 0 Å². The van der Waals surface area contributed by atoms with Crippen molar-refractivity contribution in [2.45, 2.75) is 18.9 Å². The monoisotopic (exact) mass is 231 g/mol. The molecule has 0 aliphatic carbocycles. The molecule has 0 radical (unpaired) electrons. The lowest BCUT2D eigenvalue weighted by Crippen LogP contribution is -1.94. The fourth-order valence-electron chi connectivity index (χ4n) is 1.95. The Hall–Kier alpha value is -1.19. The molecule has 2 nitrogen and oxygen atoms in total. The molecule has 3 rings (SSSR count). The quantitative estimate of drug-likeness (QED) is 0.787. The summed E-state index contributed by atoms with van der Waals surface area (Å²) in [6.45, 7) is 0.880. The summed E-state index contributed by atoms with van der Waals surface area (Å²) in [5.41, 5.74) is 2.25. The van der Waals surface area contributed by atoms with Crippen LogP contribution in [0.1, 0.15) is 24.0 Å². The Morgan fingerprint density at radius 3 is 2.88 bits per heavy atom. The minimum atomic E-state index is 0.238. The maximum atomic E-state index is 5.64. The van der Waals surface area contributed by atoms with E-state index in [0.717, 1.165) is 30.2 Å². The number of nitrogens with zero attached hydrogens (tertiary/aromatic N) is 1. The lowest BCUT2D eigenvalue weighted by Gasteiger charge is -2.03. The van der Waals surface area contributed by atoms with Crippen LogP contribution in [0.3, 0.4) is 0 Å². The zero-order valence-electron chi connectivity index (χ0n) is 8.93. The molecule has 1 aromatic carbocycles. The number of hydrogen-bond acceptors (Lipinski definition) is 3. The Labute approximate surface area is 98.9 Å². The van der Waals surface area contributed by atoms with Gasteiger partial charge in [-0.3, -0.25) is 0 Å². The van der Waals surface area contributed by atoms with E-state index in [2.05, 4.69) is 22.5 Å². The first-order valence-electron chi connectivity index (χ1n) is 5.56. The van der Waals surface area contributed by atoms with Crippen molar-refractivity contribution in [3.63, 3.8) is 0 Å². The fraction of sp³-hybridized carbons (Fsp3) is 0.308. The molecule has 2 aromatic rings. The summed E-state index contributed by atoms with van der Waals surface area (Å²) in [6.07, 6.45) is 2.51. The molecule has 1 fully saturated rings. The SMILES string of the molecule is c1ccc(-c2csc(C3CCCO3)n2)cc1. The number of thiazole rings is 1. The molecule has 1 atom stereocenters. The van der Waals surface area contributed by atoms with Gasteiger partial charge in [0.1, 0.15) is 11.1 Å². The number of hydrogen-bond donors (Lipinski definition) is 0. The molecule has 0 saturated carbocycles. The van der Waals surface area contributed by atoms with E-state index in [-0.39, 0.29) is 6.10 Å². The van der Waals surface area contributed by atoms with Crippen molar-refractivity contribution in [2.75, 3.05) is 6.61 Å². The molecule has 1 aliphatic heterocycles. The summed E-state index contributed by atoms with van der Waals surface area (Å²) >= 11 is 1.71. The molecule has 0 amide bonds. The number of rotatable bonds is 2. The summed E-state index contributed by atoms with van der Waals surface area (Å²) in [5.74, 6) is 0. The standard InChI is InChI=1S/C13H13NOS/c1-2-5-10(6-3-1)11-9-16-13(14-11)12-7-4-8-15-12/h1-3,5-6,9,12H,4,7-8H2. The number of ether oxygens (including phenoxy) is 1. The minimum absolute atomic E-state index is 0.238. The molecule has 1 aliphatic rings. The normalized spacial score (nSPS) is 20.1. The summed E-state index contributed by atoms with van der Waals surface area (Å²) in [4.78, 5) is 4.66. The summed E-state index contributed by atoms with van der Waals surface area (Å²) in [7, 11) is 0. The summed E-state index contributed by atoms with van der Waals surface area (Å²) < 4.78 is 5.64. The van der Waals surface area contributed by atoms with E-state index in [1.807, 2.05) is 18.2 Å². The van der Waals surface area contributed by atoms with Gasteiger partial charge in [-0.2, -0.15) is 0 Å². The van der Waals surface area contributed by atoms with Crippen LogP contribution in [-0.2, 0) is 4.74 Å². The van der Waals surface area contributed by atoms with Crippen molar-refractivity contribution in [1.29, 1.82) is 0 Å². The van der Waals surface area contributed by atoms with Gasteiger partial charge in [0.25, 0.3) is 0 Å². The van der Waals surface area contributed by atoms with Gasteiger partial charge in [-0.25, -0.2) is 4.98 Å². The zero-order valence-corrected chi connectivity index (χ0v) is 9.74. The van der Waals surface area contributed by atoms with Crippen molar-refractivity contribution in [2.24, 2.45) is 0 Å². The van der Waals surface area contributed by atoms with Crippen LogP contribution in [0.4, 0.5) is 0 Å². The zero-order chi connectivity index (χ0) is 10.8. The van der Waals surface area contributed by atoms with Crippen LogP contribution < -0.4 is 0 Å². The lowest BCUT2D eigenvalue weighted by molar-refractivity contribution is 0.112. The van der Waals surface area contributed by atoms with Gasteiger partial charge in [-0.15, -0.1) is 11.3 Å². The van der Waals surface area contributed by atoms with Crippen LogP contribution in [0.5, 0.6) is 0 Å². The van der Waals surface area contributed by atoms with Crippen LogP contribution in [0, 0.1) is 0 Å². The third kappa shape index (κ3) is 1.88. The molecular weight excluding hydrogens is 218 g/mol. The Kier molecular flexibility index (Phi) is 2.72. The minimum Gasteiger partial charge on any atom is -0.371 e. The van der Waals surface area contributed by atoms with E-state index in [1.165, 1.54) is 5.56 Å². The lowest BCUT2D eigenvalue weighted by atomic mass is 10.2. The molecule has 1 aromatic heterocycles. The molecule has 3 heteroatoms. The second-order valence-electron chi connectivity index (χ2n) is 3.94. The van der Waals surface area contributed by atoms with Gasteiger partial charge < -0.3 is 4.74 Å². The highest BCUT2D eigenvalue weighted by atomic mass is 32.1. The van der Waals surface area contributed by atoms with Gasteiger partial charge in [0.15, 0.2) is 0 Å². The average molecular weight is 231 g/mol. The van der Waals surface area contributed by atoms with E-state index in [1.54, 1.807) is 11.3 Å². The number of aromatic nitrogens is 1. The topological polar surface area (TPSA) is 22.1 Å². The van der Waals surface area contributed by atoms with Crippen LogP contribution in [0.25, 0.3) is 11.3 Å². The third-order valence-corrected chi connectivity index (χ3v) is 3.73. The Morgan fingerprint density at radius 2 is 2.12 bits per heavy atom. The Balaban J connectivity index is 1.87. The van der Waals surface area contributed by atoms with E-state index >= 15 is 0 Å². The van der Waals surface area contributed by atoms with Gasteiger partial charge in [-0.1, -0.05) is 30.3 Å². The predicted molar refractivity (Wildman–Crippen MR) is 65.5 cm³/mol. The van der Waals surface area contributed by atoms with Crippen LogP contribution in [0.15, 0.2) is 35.7 Å². The first-order valence-corrected chi connectivity index (χ1v) is 6.44. The molecule has 1 saturated heterocycles. The largest absolute Gasteiger partial charge is 0.371 e. The van der Waals surface area contributed by atoms with Gasteiger partial charge in [0, 0.05) is 17.6 Å². The van der Waals surface area contributed by atoms with Crippen LogP contribution >= 0.6 is 11.3 Å². The maximum Gasteiger partial charge on any atom is 0.122 e. The highest BCUT2D eigenvalue weighted by Gasteiger charge is 2.20. The van der Waals surface area contributed by atoms with E-state index in [4.69, 9.17) is 4.74 Å². The van der Waals surface area contributed by atoms with Crippen molar-refractivity contribution in [3.8, 4) is 11.3 Å². The molecule has 82 valence electrons. The van der Waals surface area contributed by atoms with E-state index in [9.17, 15) is 0 Å². The van der Waals surface area contributed by atoms with Gasteiger partial charge in [-0.05, 0) is 12.8 Å². The smallest absolute Gasteiger partial charge is 0.122 e. The molecule has 2 heterocycles. The first-order chi connectivity index (χ1) is 7.93. The second-order valence-corrected chi connectivity index (χ2v) is 4.83. The third-order valence-electron chi connectivity index (χ3n) is 2.80. The maximum absolute atomic E-state index is 5.64. The first kappa shape index (κ1) is 10.00. The number of benzene rings is 1. The second kappa shape index (κ2) is 4.36.